The van der Waals surface area contributed by atoms with Gasteiger partial charge < -0.3 is 14.8 Å². The van der Waals surface area contributed by atoms with Gasteiger partial charge in [-0.1, -0.05) is 35.9 Å². The molecule has 1 aliphatic rings. The average molecular weight is 483 g/mol. The number of ether oxygens (including phenoxy) is 2. The lowest BCUT2D eigenvalue weighted by molar-refractivity contribution is 0.0162. The Kier molecular flexibility index (Phi) is 7.62. The van der Waals surface area contributed by atoms with Crippen molar-refractivity contribution >= 4 is 17.5 Å². The third-order valence-corrected chi connectivity index (χ3v) is 6.17. The molecule has 0 unspecified atom stereocenters. The van der Waals surface area contributed by atoms with Crippen LogP contribution in [0.2, 0.25) is 5.02 Å². The number of halogens is 1. The predicted molar refractivity (Wildman–Crippen MR) is 130 cm³/mol. The number of benzene rings is 2. The molecule has 178 valence electrons. The molecule has 1 amide bonds. The van der Waals surface area contributed by atoms with Gasteiger partial charge in [-0.2, -0.15) is 5.10 Å². The normalized spacial score (nSPS) is 15.0. The average Bonchev–Trinajstić information content (AvgIpc) is 2.86. The molecule has 4 rings (SSSR count). The highest BCUT2D eigenvalue weighted by molar-refractivity contribution is 6.32. The number of carbonyl (C=O) groups excluding carboxylic acids is 1. The highest BCUT2D eigenvalue weighted by Gasteiger charge is 2.25. The molecular weight excluding hydrogens is 456 g/mol. The van der Waals surface area contributed by atoms with Crippen LogP contribution in [0.15, 0.2) is 59.4 Å². The number of para-hydroxylation sites is 1. The first-order valence-electron chi connectivity index (χ1n) is 11.1. The van der Waals surface area contributed by atoms with Crippen LogP contribution in [0.5, 0.6) is 5.75 Å². The zero-order chi connectivity index (χ0) is 24.1. The molecule has 1 atom stereocenters. The first-order valence-corrected chi connectivity index (χ1v) is 11.5. The molecular formula is C25H27ClN4O4. The molecule has 2 heterocycles. The van der Waals surface area contributed by atoms with Crippen LogP contribution in [-0.2, 0) is 4.74 Å². The molecule has 1 N–H and O–H groups in total. The number of aryl methyl sites for hydroxylation is 1. The standard InChI is InChI=1S/C25H27ClN4O4/c1-17-15-23(31)24(28-30(17)21-6-4-3-5-20(21)26)25(32)27-16-22(29-11-13-34-14-12-29)18-7-9-19(33-2)10-8-18/h3-10,15,22H,11-14,16H2,1-2H3,(H,27,32)/t22-/m1/s1. The Morgan fingerprint density at radius 2 is 1.88 bits per heavy atom. The lowest BCUT2D eigenvalue weighted by Gasteiger charge is -2.35. The number of carbonyl (C=O) groups is 1. The summed E-state index contributed by atoms with van der Waals surface area (Å²) < 4.78 is 12.3. The van der Waals surface area contributed by atoms with Gasteiger partial charge in [0.1, 0.15) is 5.75 Å². The number of nitrogens with zero attached hydrogens (tertiary/aromatic N) is 3. The second-order valence-corrected chi connectivity index (χ2v) is 8.42. The molecule has 0 aliphatic carbocycles. The van der Waals surface area contributed by atoms with Crippen molar-refractivity contribution in [3.8, 4) is 11.4 Å². The number of methoxy groups -OCH3 is 1. The fourth-order valence-electron chi connectivity index (χ4n) is 4.02. The van der Waals surface area contributed by atoms with Crippen molar-refractivity contribution in [2.24, 2.45) is 0 Å². The van der Waals surface area contributed by atoms with E-state index < -0.39 is 11.3 Å². The Hall–Kier alpha value is -3.20. The fraction of sp³-hybridized carbons (Fsp3) is 0.320. The quantitative estimate of drug-likeness (QED) is 0.557. The zero-order valence-corrected chi connectivity index (χ0v) is 19.9. The number of morpholine rings is 1. The lowest BCUT2D eigenvalue weighted by atomic mass is 10.0. The fourth-order valence-corrected chi connectivity index (χ4v) is 4.23. The highest BCUT2D eigenvalue weighted by atomic mass is 35.5. The van der Waals surface area contributed by atoms with Gasteiger partial charge in [0.05, 0.1) is 37.1 Å². The third-order valence-electron chi connectivity index (χ3n) is 5.85. The van der Waals surface area contributed by atoms with Crippen molar-refractivity contribution < 1.29 is 14.3 Å². The summed E-state index contributed by atoms with van der Waals surface area (Å²) in [5.74, 6) is 0.232. The molecule has 8 nitrogen and oxygen atoms in total. The minimum Gasteiger partial charge on any atom is -0.497 e. The van der Waals surface area contributed by atoms with Crippen molar-refractivity contribution in [3.63, 3.8) is 0 Å². The number of hydrogen-bond donors (Lipinski definition) is 1. The maximum atomic E-state index is 13.1. The van der Waals surface area contributed by atoms with Gasteiger partial charge in [-0.15, -0.1) is 0 Å². The molecule has 34 heavy (non-hydrogen) atoms. The summed E-state index contributed by atoms with van der Waals surface area (Å²) >= 11 is 6.32. The van der Waals surface area contributed by atoms with Gasteiger partial charge in [0.15, 0.2) is 5.69 Å². The molecule has 9 heteroatoms. The SMILES string of the molecule is COc1ccc([C@@H](CNC(=O)c2nn(-c3ccccc3Cl)c(C)cc2=O)N2CCOCC2)cc1. The molecule has 1 fully saturated rings. The van der Waals surface area contributed by atoms with Gasteiger partial charge in [0.2, 0.25) is 5.43 Å². The Morgan fingerprint density at radius 1 is 1.18 bits per heavy atom. The molecule has 1 aromatic heterocycles. The molecule has 0 spiro atoms. The zero-order valence-electron chi connectivity index (χ0n) is 19.2. The Bertz CT molecular complexity index is 1210. The van der Waals surface area contributed by atoms with E-state index in [0.717, 1.165) is 24.4 Å². The second-order valence-electron chi connectivity index (χ2n) is 8.01. The van der Waals surface area contributed by atoms with Crippen LogP contribution in [0.25, 0.3) is 5.69 Å². The summed E-state index contributed by atoms with van der Waals surface area (Å²) in [6.45, 7) is 4.80. The first-order chi connectivity index (χ1) is 16.5. The number of aromatic nitrogens is 2. The van der Waals surface area contributed by atoms with Crippen LogP contribution in [-0.4, -0.2) is 60.5 Å². The van der Waals surface area contributed by atoms with Crippen molar-refractivity contribution in [2.75, 3.05) is 40.0 Å². The van der Waals surface area contributed by atoms with Crippen molar-refractivity contribution in [2.45, 2.75) is 13.0 Å². The molecule has 1 saturated heterocycles. The van der Waals surface area contributed by atoms with Crippen LogP contribution in [0.3, 0.4) is 0 Å². The monoisotopic (exact) mass is 482 g/mol. The smallest absolute Gasteiger partial charge is 0.275 e. The van der Waals surface area contributed by atoms with E-state index in [2.05, 4.69) is 15.3 Å². The van der Waals surface area contributed by atoms with E-state index >= 15 is 0 Å². The Balaban J connectivity index is 1.58. The molecule has 1 aliphatic heterocycles. The van der Waals surface area contributed by atoms with Crippen molar-refractivity contribution in [3.05, 3.63) is 86.8 Å². The van der Waals surface area contributed by atoms with E-state index in [1.165, 1.54) is 10.7 Å². The van der Waals surface area contributed by atoms with Gasteiger partial charge in [0.25, 0.3) is 5.91 Å². The predicted octanol–water partition coefficient (Wildman–Crippen LogP) is 3.01. The summed E-state index contributed by atoms with van der Waals surface area (Å²) in [7, 11) is 1.62. The van der Waals surface area contributed by atoms with Crippen LogP contribution < -0.4 is 15.5 Å². The van der Waals surface area contributed by atoms with Gasteiger partial charge in [-0.05, 0) is 36.8 Å². The molecule has 2 aromatic carbocycles. The lowest BCUT2D eigenvalue weighted by Crippen LogP contribution is -2.44. The maximum Gasteiger partial charge on any atom is 0.275 e. The van der Waals surface area contributed by atoms with E-state index in [0.29, 0.717) is 36.2 Å². The number of amides is 1. The number of hydrogen-bond acceptors (Lipinski definition) is 6. The number of rotatable bonds is 7. The van der Waals surface area contributed by atoms with E-state index in [1.807, 2.05) is 36.4 Å². The maximum absolute atomic E-state index is 13.1. The largest absolute Gasteiger partial charge is 0.497 e. The van der Waals surface area contributed by atoms with Gasteiger partial charge >= 0.3 is 0 Å². The Morgan fingerprint density at radius 3 is 2.56 bits per heavy atom. The van der Waals surface area contributed by atoms with Crippen LogP contribution in [0.4, 0.5) is 0 Å². The molecule has 3 aromatic rings. The number of nitrogens with one attached hydrogen (secondary N) is 1. The van der Waals surface area contributed by atoms with Crippen LogP contribution in [0, 0.1) is 6.92 Å². The summed E-state index contributed by atoms with van der Waals surface area (Å²) in [5, 5.41) is 7.73. The summed E-state index contributed by atoms with van der Waals surface area (Å²) in [5.41, 5.74) is 1.60. The highest BCUT2D eigenvalue weighted by Crippen LogP contribution is 2.24. The van der Waals surface area contributed by atoms with Gasteiger partial charge in [-0.25, -0.2) is 4.68 Å². The molecule has 0 radical (unpaired) electrons. The minimum absolute atomic E-state index is 0.0880. The van der Waals surface area contributed by atoms with Crippen molar-refractivity contribution in [1.29, 1.82) is 0 Å². The van der Waals surface area contributed by atoms with E-state index in [9.17, 15) is 9.59 Å². The summed E-state index contributed by atoms with van der Waals surface area (Å²) in [6, 6.07) is 16.2. The minimum atomic E-state index is -0.530. The van der Waals surface area contributed by atoms with E-state index in [-0.39, 0.29) is 11.7 Å². The second kappa shape index (κ2) is 10.8. The molecule has 0 saturated carbocycles. The first kappa shape index (κ1) is 23.9. The topological polar surface area (TPSA) is 85.7 Å². The Labute approximate surface area is 203 Å². The van der Waals surface area contributed by atoms with Crippen LogP contribution >= 0.6 is 11.6 Å². The van der Waals surface area contributed by atoms with Crippen molar-refractivity contribution in [1.82, 2.24) is 20.0 Å². The van der Waals surface area contributed by atoms with Crippen LogP contribution in [0.1, 0.15) is 27.8 Å². The summed E-state index contributed by atoms with van der Waals surface area (Å²) in [6.07, 6.45) is 0. The van der Waals surface area contributed by atoms with E-state index in [4.69, 9.17) is 21.1 Å². The third kappa shape index (κ3) is 5.30. The molecule has 0 bridgehead atoms. The van der Waals surface area contributed by atoms with Gasteiger partial charge in [-0.3, -0.25) is 14.5 Å². The van der Waals surface area contributed by atoms with Gasteiger partial charge in [0, 0.05) is 31.4 Å². The van der Waals surface area contributed by atoms with E-state index in [1.54, 1.807) is 26.2 Å². The summed E-state index contributed by atoms with van der Waals surface area (Å²) in [4.78, 5) is 28.0.